The van der Waals surface area contributed by atoms with Crippen molar-refractivity contribution in [1.82, 2.24) is 0 Å². The van der Waals surface area contributed by atoms with Crippen molar-refractivity contribution >= 4 is 0 Å². The number of alkyl halides is 2. The van der Waals surface area contributed by atoms with E-state index in [1.54, 1.807) is 0 Å². The number of ether oxygens (including phenoxy) is 2. The number of halogens is 2. The zero-order chi connectivity index (χ0) is 10.1. The largest absolute Gasteiger partial charge is 0.391 e. The summed E-state index contributed by atoms with van der Waals surface area (Å²) in [6.45, 7) is 2.16. The summed E-state index contributed by atoms with van der Waals surface area (Å²) in [5.74, 6) is 0. The number of rotatable bonds is 8. The fraction of sp³-hybridized carbons (Fsp3) is 1.00. The van der Waals surface area contributed by atoms with Gasteiger partial charge in [-0.25, -0.2) is 8.78 Å². The molecule has 0 rings (SSSR count). The molecule has 0 aromatic rings. The van der Waals surface area contributed by atoms with Gasteiger partial charge in [0, 0.05) is 13.2 Å². The lowest BCUT2D eigenvalue weighted by atomic mass is 10.3. The first-order valence-electron chi connectivity index (χ1n) is 4.28. The molecule has 0 fully saturated rings. The van der Waals surface area contributed by atoms with Crippen LogP contribution in [0.5, 0.6) is 0 Å². The van der Waals surface area contributed by atoms with Crippen molar-refractivity contribution in [2.45, 2.75) is 25.9 Å². The van der Waals surface area contributed by atoms with Crippen LogP contribution in [0.3, 0.4) is 0 Å². The van der Waals surface area contributed by atoms with Gasteiger partial charge >= 0.3 is 0 Å². The Bertz CT molecular complexity index is 112. The van der Waals surface area contributed by atoms with Gasteiger partial charge in [-0.15, -0.1) is 0 Å². The van der Waals surface area contributed by atoms with Gasteiger partial charge in [-0.2, -0.15) is 0 Å². The second-order valence-electron chi connectivity index (χ2n) is 2.57. The lowest BCUT2D eigenvalue weighted by molar-refractivity contribution is -0.0112. The third-order valence-corrected chi connectivity index (χ3v) is 1.35. The normalized spacial score (nSPS) is 13.6. The van der Waals surface area contributed by atoms with Gasteiger partial charge in [0.05, 0.1) is 12.7 Å². The molecule has 3 nitrogen and oxygen atoms in total. The van der Waals surface area contributed by atoms with Crippen LogP contribution in [0, 0.1) is 0 Å². The Balaban J connectivity index is 3.12. The number of hydrogen-bond acceptors (Lipinski definition) is 3. The Labute approximate surface area is 76.6 Å². The molecule has 5 heteroatoms. The van der Waals surface area contributed by atoms with E-state index >= 15 is 0 Å². The van der Waals surface area contributed by atoms with Crippen LogP contribution in [-0.4, -0.2) is 44.1 Å². The summed E-state index contributed by atoms with van der Waals surface area (Å²) in [7, 11) is 0. The predicted octanol–water partition coefficient (Wildman–Crippen LogP) is 1.06. The van der Waals surface area contributed by atoms with Crippen LogP contribution >= 0.6 is 0 Å². The molecule has 0 aromatic carbocycles. The first-order chi connectivity index (χ1) is 6.16. The molecule has 0 bridgehead atoms. The Morgan fingerprint density at radius 2 is 1.92 bits per heavy atom. The summed E-state index contributed by atoms with van der Waals surface area (Å²) >= 11 is 0. The predicted molar refractivity (Wildman–Crippen MR) is 43.9 cm³/mol. The molecule has 1 atom stereocenters. The molecule has 1 N–H and O–H groups in total. The van der Waals surface area contributed by atoms with Crippen molar-refractivity contribution in [3.8, 4) is 0 Å². The van der Waals surface area contributed by atoms with E-state index < -0.39 is 19.1 Å². The first kappa shape index (κ1) is 12.7. The zero-order valence-corrected chi connectivity index (χ0v) is 7.71. The summed E-state index contributed by atoms with van der Waals surface area (Å²) in [5.41, 5.74) is 0. The average Bonchev–Trinajstić information content (AvgIpc) is 2.08. The maximum absolute atomic E-state index is 11.5. The van der Waals surface area contributed by atoms with E-state index in [-0.39, 0.29) is 13.2 Å². The van der Waals surface area contributed by atoms with Crippen LogP contribution in [0.25, 0.3) is 0 Å². The third-order valence-electron chi connectivity index (χ3n) is 1.35. The molecule has 0 radical (unpaired) electrons. The van der Waals surface area contributed by atoms with E-state index in [0.717, 1.165) is 0 Å². The summed E-state index contributed by atoms with van der Waals surface area (Å²) in [4.78, 5) is 0. The van der Waals surface area contributed by atoms with E-state index in [2.05, 4.69) is 4.74 Å². The Morgan fingerprint density at radius 1 is 1.23 bits per heavy atom. The van der Waals surface area contributed by atoms with Gasteiger partial charge in [0.25, 0.3) is 6.43 Å². The highest BCUT2D eigenvalue weighted by Gasteiger charge is 2.05. The Kier molecular flexibility index (Phi) is 8.18. The minimum atomic E-state index is -2.44. The fourth-order valence-electron chi connectivity index (χ4n) is 0.729. The Hall–Kier alpha value is -0.260. The highest BCUT2D eigenvalue weighted by atomic mass is 19.3. The summed E-state index contributed by atoms with van der Waals surface area (Å²) < 4.78 is 32.6. The van der Waals surface area contributed by atoms with Gasteiger partial charge < -0.3 is 14.6 Å². The van der Waals surface area contributed by atoms with E-state index in [0.29, 0.717) is 13.0 Å². The van der Waals surface area contributed by atoms with Gasteiger partial charge in [0.2, 0.25) is 0 Å². The van der Waals surface area contributed by atoms with E-state index in [9.17, 15) is 8.78 Å². The highest BCUT2D eigenvalue weighted by Crippen LogP contribution is 1.97. The lowest BCUT2D eigenvalue weighted by Crippen LogP contribution is -2.18. The minimum Gasteiger partial charge on any atom is -0.391 e. The van der Waals surface area contributed by atoms with E-state index in [1.165, 1.54) is 0 Å². The molecule has 0 saturated carbocycles. The second kappa shape index (κ2) is 8.34. The van der Waals surface area contributed by atoms with Crippen molar-refractivity contribution in [3.63, 3.8) is 0 Å². The fourth-order valence-corrected chi connectivity index (χ4v) is 0.729. The summed E-state index contributed by atoms with van der Waals surface area (Å²) in [6, 6.07) is 0. The standard InChI is InChI=1S/C8H16F2O3/c1-2-12-5-7(11)3-4-13-6-8(9)10/h7-8,11H,2-6H2,1H3. The van der Waals surface area contributed by atoms with Gasteiger partial charge in [-0.05, 0) is 13.3 Å². The highest BCUT2D eigenvalue weighted by molar-refractivity contribution is 4.52. The van der Waals surface area contributed by atoms with Crippen LogP contribution in [0.4, 0.5) is 8.78 Å². The van der Waals surface area contributed by atoms with E-state index in [4.69, 9.17) is 9.84 Å². The summed E-state index contributed by atoms with van der Waals surface area (Å²) in [5, 5.41) is 9.15. The monoisotopic (exact) mass is 198 g/mol. The number of aliphatic hydroxyl groups is 1. The minimum absolute atomic E-state index is 0.137. The molecule has 0 saturated heterocycles. The van der Waals surface area contributed by atoms with Crippen LogP contribution in [0.1, 0.15) is 13.3 Å². The van der Waals surface area contributed by atoms with Crippen LogP contribution in [0.2, 0.25) is 0 Å². The van der Waals surface area contributed by atoms with Crippen LogP contribution in [-0.2, 0) is 9.47 Å². The quantitative estimate of drug-likeness (QED) is 0.592. The molecule has 0 amide bonds. The topological polar surface area (TPSA) is 38.7 Å². The average molecular weight is 198 g/mol. The van der Waals surface area contributed by atoms with Crippen LogP contribution in [0.15, 0.2) is 0 Å². The Morgan fingerprint density at radius 3 is 2.46 bits per heavy atom. The van der Waals surface area contributed by atoms with Crippen molar-refractivity contribution in [2.75, 3.05) is 26.4 Å². The van der Waals surface area contributed by atoms with Crippen molar-refractivity contribution in [3.05, 3.63) is 0 Å². The van der Waals surface area contributed by atoms with Crippen molar-refractivity contribution < 1.29 is 23.4 Å². The number of hydrogen-bond donors (Lipinski definition) is 1. The number of aliphatic hydroxyl groups excluding tert-OH is 1. The molecule has 0 aliphatic rings. The summed E-state index contributed by atoms with van der Waals surface area (Å²) in [6.07, 6.45) is -2.74. The molecule has 80 valence electrons. The second-order valence-corrected chi connectivity index (χ2v) is 2.57. The molecule has 13 heavy (non-hydrogen) atoms. The third kappa shape index (κ3) is 9.66. The smallest absolute Gasteiger partial charge is 0.261 e. The van der Waals surface area contributed by atoms with Gasteiger partial charge in [0.1, 0.15) is 6.61 Å². The molecule has 0 aliphatic heterocycles. The first-order valence-corrected chi connectivity index (χ1v) is 4.28. The molecule has 0 heterocycles. The van der Waals surface area contributed by atoms with E-state index in [1.807, 2.05) is 6.92 Å². The van der Waals surface area contributed by atoms with Crippen LogP contribution < -0.4 is 0 Å². The maximum atomic E-state index is 11.5. The van der Waals surface area contributed by atoms with Gasteiger partial charge in [-0.3, -0.25) is 0 Å². The van der Waals surface area contributed by atoms with Crippen molar-refractivity contribution in [1.29, 1.82) is 0 Å². The molecular weight excluding hydrogens is 182 g/mol. The maximum Gasteiger partial charge on any atom is 0.261 e. The van der Waals surface area contributed by atoms with Gasteiger partial charge in [0.15, 0.2) is 0 Å². The van der Waals surface area contributed by atoms with Crippen molar-refractivity contribution in [2.24, 2.45) is 0 Å². The van der Waals surface area contributed by atoms with Gasteiger partial charge in [-0.1, -0.05) is 0 Å². The lowest BCUT2D eigenvalue weighted by Gasteiger charge is -2.10. The SMILES string of the molecule is CCOCC(O)CCOCC(F)F. The molecule has 0 aliphatic carbocycles. The molecule has 0 spiro atoms. The zero-order valence-electron chi connectivity index (χ0n) is 7.71. The molecule has 0 aromatic heterocycles. The molecular formula is C8H16F2O3. The molecule has 1 unspecified atom stereocenters.